The van der Waals surface area contributed by atoms with Gasteiger partial charge in [-0.05, 0) is 29.8 Å². The van der Waals surface area contributed by atoms with Gasteiger partial charge in [-0.15, -0.1) is 11.8 Å². The number of phenols is 1. The Hall–Kier alpha value is -1.72. The number of aromatic hydroxyl groups is 1. The zero-order chi connectivity index (χ0) is 15.0. The van der Waals surface area contributed by atoms with Crippen LogP contribution in [0.5, 0.6) is 5.75 Å². The van der Waals surface area contributed by atoms with Gasteiger partial charge in [0.15, 0.2) is 0 Å². The van der Waals surface area contributed by atoms with Crippen molar-refractivity contribution in [3.8, 4) is 5.75 Å². The Morgan fingerprint density at radius 3 is 2.62 bits per heavy atom. The summed E-state index contributed by atoms with van der Waals surface area (Å²) in [4.78, 5) is 13.7. The number of hydrogen-bond acceptors (Lipinski definition) is 3. The van der Waals surface area contributed by atoms with Crippen LogP contribution < -0.4 is 4.90 Å². The third-order valence-corrected chi connectivity index (χ3v) is 4.67. The fraction of sp³-hybridized carbons (Fsp3) is 0.133. The molecule has 1 N–H and O–H groups in total. The number of nitrogens with zero attached hydrogens (tertiary/aromatic N) is 1. The third-order valence-electron chi connectivity index (χ3n) is 3.22. The molecule has 0 aromatic heterocycles. The molecule has 3 rings (SSSR count). The summed E-state index contributed by atoms with van der Waals surface area (Å²) < 4.78 is 13.0. The highest BCUT2D eigenvalue weighted by atomic mass is 35.5. The van der Waals surface area contributed by atoms with E-state index in [1.165, 1.54) is 34.9 Å². The summed E-state index contributed by atoms with van der Waals surface area (Å²) in [6, 6.07) is 10.6. The SMILES string of the molecule is O=C1CSC(c2ccc(F)cc2)N1c1ccc(Cl)cc1O. The molecule has 1 unspecified atom stereocenters. The molecule has 1 aliphatic rings. The molecule has 2 aromatic rings. The van der Waals surface area contributed by atoms with Crippen LogP contribution >= 0.6 is 23.4 Å². The molecule has 1 heterocycles. The lowest BCUT2D eigenvalue weighted by molar-refractivity contribution is -0.115. The van der Waals surface area contributed by atoms with Crippen LogP contribution in [0.15, 0.2) is 42.5 Å². The van der Waals surface area contributed by atoms with Gasteiger partial charge in [0.1, 0.15) is 16.9 Å². The first-order chi connectivity index (χ1) is 10.1. The maximum Gasteiger partial charge on any atom is 0.238 e. The second kappa shape index (κ2) is 5.58. The van der Waals surface area contributed by atoms with Crippen LogP contribution in [0.25, 0.3) is 0 Å². The minimum absolute atomic E-state index is 0.0505. The van der Waals surface area contributed by atoms with Crippen molar-refractivity contribution in [3.63, 3.8) is 0 Å². The zero-order valence-electron chi connectivity index (χ0n) is 10.8. The van der Waals surface area contributed by atoms with E-state index in [-0.39, 0.29) is 22.8 Å². The van der Waals surface area contributed by atoms with Crippen LogP contribution in [0.2, 0.25) is 5.02 Å². The normalized spacial score (nSPS) is 18.3. The molecule has 108 valence electrons. The second-order valence-corrected chi connectivity index (χ2v) is 6.12. The van der Waals surface area contributed by atoms with Gasteiger partial charge in [-0.2, -0.15) is 0 Å². The molecule has 0 radical (unpaired) electrons. The number of carbonyl (C=O) groups is 1. The van der Waals surface area contributed by atoms with Gasteiger partial charge >= 0.3 is 0 Å². The van der Waals surface area contributed by atoms with Crippen LogP contribution in [-0.4, -0.2) is 16.8 Å². The van der Waals surface area contributed by atoms with Crippen molar-refractivity contribution in [3.05, 3.63) is 58.9 Å². The van der Waals surface area contributed by atoms with Gasteiger partial charge in [0.25, 0.3) is 0 Å². The third kappa shape index (κ3) is 2.71. The fourth-order valence-electron chi connectivity index (χ4n) is 2.26. The minimum atomic E-state index is -0.325. The van der Waals surface area contributed by atoms with E-state index >= 15 is 0 Å². The highest BCUT2D eigenvalue weighted by molar-refractivity contribution is 8.00. The van der Waals surface area contributed by atoms with Crippen LogP contribution in [0.4, 0.5) is 10.1 Å². The standard InChI is InChI=1S/C15H11ClFNO2S/c16-10-3-6-12(13(19)7-10)18-14(20)8-21-15(18)9-1-4-11(17)5-2-9/h1-7,15,19H,8H2. The maximum absolute atomic E-state index is 13.0. The Kier molecular flexibility index (Phi) is 3.78. The van der Waals surface area contributed by atoms with Gasteiger partial charge in [0.05, 0.1) is 11.4 Å². The van der Waals surface area contributed by atoms with E-state index in [0.29, 0.717) is 16.5 Å². The average Bonchev–Trinajstić information content (AvgIpc) is 2.82. The lowest BCUT2D eigenvalue weighted by atomic mass is 10.1. The molecule has 1 atom stereocenters. The molecule has 2 aromatic carbocycles. The monoisotopic (exact) mass is 323 g/mol. The quantitative estimate of drug-likeness (QED) is 0.909. The first kappa shape index (κ1) is 14.2. The lowest BCUT2D eigenvalue weighted by Crippen LogP contribution is -2.27. The number of rotatable bonds is 2. The molecule has 3 nitrogen and oxygen atoms in total. The predicted molar refractivity (Wildman–Crippen MR) is 82.2 cm³/mol. The highest BCUT2D eigenvalue weighted by Gasteiger charge is 2.35. The van der Waals surface area contributed by atoms with E-state index in [1.54, 1.807) is 24.3 Å². The minimum Gasteiger partial charge on any atom is -0.506 e. The number of benzene rings is 2. The Morgan fingerprint density at radius 2 is 1.95 bits per heavy atom. The number of phenolic OH excluding ortho intramolecular Hbond substituents is 1. The van der Waals surface area contributed by atoms with E-state index in [9.17, 15) is 14.3 Å². The van der Waals surface area contributed by atoms with Gasteiger partial charge in [-0.25, -0.2) is 4.39 Å². The number of anilines is 1. The van der Waals surface area contributed by atoms with E-state index in [2.05, 4.69) is 0 Å². The zero-order valence-corrected chi connectivity index (χ0v) is 12.4. The van der Waals surface area contributed by atoms with Crippen molar-refractivity contribution in [1.29, 1.82) is 0 Å². The van der Waals surface area contributed by atoms with Gasteiger partial charge in [0, 0.05) is 11.1 Å². The van der Waals surface area contributed by atoms with Crippen molar-refractivity contribution in [2.45, 2.75) is 5.37 Å². The molecule has 6 heteroatoms. The number of thioether (sulfide) groups is 1. The Labute approximate surface area is 130 Å². The molecule has 0 bridgehead atoms. The summed E-state index contributed by atoms with van der Waals surface area (Å²) in [5.41, 5.74) is 1.21. The Balaban J connectivity index is 2.01. The number of hydrogen-bond donors (Lipinski definition) is 1. The first-order valence-electron chi connectivity index (χ1n) is 6.24. The van der Waals surface area contributed by atoms with Crippen molar-refractivity contribution in [1.82, 2.24) is 0 Å². The molecule has 1 saturated heterocycles. The van der Waals surface area contributed by atoms with Crippen LogP contribution in [-0.2, 0) is 4.79 Å². The van der Waals surface area contributed by atoms with Gasteiger partial charge in [-0.1, -0.05) is 23.7 Å². The smallest absolute Gasteiger partial charge is 0.238 e. The summed E-state index contributed by atoms with van der Waals surface area (Å²) in [6.45, 7) is 0. The van der Waals surface area contributed by atoms with Crippen LogP contribution in [0, 0.1) is 5.82 Å². The topological polar surface area (TPSA) is 40.5 Å². The Morgan fingerprint density at radius 1 is 1.24 bits per heavy atom. The van der Waals surface area contributed by atoms with E-state index in [0.717, 1.165) is 5.56 Å². The van der Waals surface area contributed by atoms with E-state index in [1.807, 2.05) is 0 Å². The summed E-state index contributed by atoms with van der Waals surface area (Å²) in [6.07, 6.45) is 0. The molecule has 21 heavy (non-hydrogen) atoms. The van der Waals surface area contributed by atoms with E-state index < -0.39 is 0 Å². The van der Waals surface area contributed by atoms with E-state index in [4.69, 9.17) is 11.6 Å². The molecule has 1 amide bonds. The molecule has 0 spiro atoms. The molecular weight excluding hydrogens is 313 g/mol. The fourth-order valence-corrected chi connectivity index (χ4v) is 3.59. The second-order valence-electron chi connectivity index (χ2n) is 4.61. The summed E-state index contributed by atoms with van der Waals surface area (Å²) >= 11 is 7.26. The predicted octanol–water partition coefficient (Wildman–Crippen LogP) is 3.96. The molecule has 1 aliphatic heterocycles. The van der Waals surface area contributed by atoms with Gasteiger partial charge in [-0.3, -0.25) is 9.69 Å². The number of halogens is 2. The van der Waals surface area contributed by atoms with Crippen molar-refractivity contribution >= 4 is 35.0 Å². The molecule has 0 saturated carbocycles. The van der Waals surface area contributed by atoms with Crippen molar-refractivity contribution in [2.24, 2.45) is 0 Å². The summed E-state index contributed by atoms with van der Waals surface area (Å²) in [5, 5.41) is 10.1. The lowest BCUT2D eigenvalue weighted by Gasteiger charge is -2.25. The van der Waals surface area contributed by atoms with Crippen molar-refractivity contribution in [2.75, 3.05) is 10.7 Å². The summed E-state index contributed by atoms with van der Waals surface area (Å²) in [7, 11) is 0. The van der Waals surface area contributed by atoms with Gasteiger partial charge < -0.3 is 5.11 Å². The Bertz CT molecular complexity index is 693. The molecule has 0 aliphatic carbocycles. The summed E-state index contributed by atoms with van der Waals surface area (Å²) in [5.74, 6) is -0.171. The number of amides is 1. The van der Waals surface area contributed by atoms with Crippen molar-refractivity contribution < 1.29 is 14.3 Å². The van der Waals surface area contributed by atoms with Crippen LogP contribution in [0.3, 0.4) is 0 Å². The highest BCUT2D eigenvalue weighted by Crippen LogP contribution is 2.44. The number of carbonyl (C=O) groups excluding carboxylic acids is 1. The molecule has 1 fully saturated rings. The first-order valence-corrected chi connectivity index (χ1v) is 7.66. The average molecular weight is 324 g/mol. The molecular formula is C15H11ClFNO2S. The largest absolute Gasteiger partial charge is 0.506 e. The van der Waals surface area contributed by atoms with Crippen LogP contribution in [0.1, 0.15) is 10.9 Å². The maximum atomic E-state index is 13.0. The van der Waals surface area contributed by atoms with Gasteiger partial charge in [0.2, 0.25) is 5.91 Å².